The molecule has 0 bridgehead atoms. The Bertz CT molecular complexity index is 457. The number of benzene rings is 1. The van der Waals surface area contributed by atoms with Crippen molar-refractivity contribution in [3.05, 3.63) is 32.5 Å². The number of rotatable bonds is 7. The molecule has 7 heteroatoms. The number of hydrogen-bond donors (Lipinski definition) is 0. The number of alkyl halides is 1. The van der Waals surface area contributed by atoms with Crippen LogP contribution in [0.1, 0.15) is 19.8 Å². The summed E-state index contributed by atoms with van der Waals surface area (Å²) < 4.78 is 18.8. The van der Waals surface area contributed by atoms with E-state index in [1.165, 1.54) is 0 Å². The monoisotopic (exact) mass is 397 g/mol. The summed E-state index contributed by atoms with van der Waals surface area (Å²) in [6, 6.07) is 2.16. The van der Waals surface area contributed by atoms with Crippen LogP contribution in [0.5, 0.6) is 5.75 Å². The van der Waals surface area contributed by atoms with Gasteiger partial charge in [0.05, 0.1) is 16.0 Å². The third-order valence-corrected chi connectivity index (χ3v) is 3.73. The molecule has 1 aromatic carbocycles. The molecule has 106 valence electrons. The molecule has 1 aromatic rings. The summed E-state index contributed by atoms with van der Waals surface area (Å²) in [5.41, 5.74) is -0.235. The lowest BCUT2D eigenvalue weighted by Crippen LogP contribution is -2.06. The summed E-state index contributed by atoms with van der Waals surface area (Å²) in [6.45, 7) is 2.40. The van der Waals surface area contributed by atoms with E-state index in [1.54, 1.807) is 0 Å². The van der Waals surface area contributed by atoms with Gasteiger partial charge in [-0.05, 0) is 34.7 Å². The zero-order valence-electron chi connectivity index (χ0n) is 10.4. The lowest BCUT2D eigenvalue weighted by Gasteiger charge is -2.11. The van der Waals surface area contributed by atoms with Gasteiger partial charge in [0.15, 0.2) is 5.75 Å². The van der Waals surface area contributed by atoms with Crippen molar-refractivity contribution in [1.82, 2.24) is 0 Å². The first-order valence-electron chi connectivity index (χ1n) is 5.78. The number of ether oxygens (including phenoxy) is 1. The van der Waals surface area contributed by atoms with E-state index >= 15 is 0 Å². The maximum Gasteiger partial charge on any atom is 0.312 e. The molecular formula is C12H14Br2FNO3. The molecule has 0 aliphatic carbocycles. The minimum absolute atomic E-state index is 0.0308. The van der Waals surface area contributed by atoms with Gasteiger partial charge in [0.2, 0.25) is 0 Å². The molecule has 0 N–H and O–H groups in total. The van der Waals surface area contributed by atoms with Gasteiger partial charge in [-0.3, -0.25) is 10.1 Å². The molecule has 0 saturated heterocycles. The molecule has 0 fully saturated rings. The Hall–Kier alpha value is -0.690. The first kappa shape index (κ1) is 16.4. The van der Waals surface area contributed by atoms with Gasteiger partial charge >= 0.3 is 5.69 Å². The van der Waals surface area contributed by atoms with E-state index in [-0.39, 0.29) is 15.9 Å². The normalized spacial score (nSPS) is 12.2. The first-order chi connectivity index (χ1) is 8.95. The summed E-state index contributed by atoms with van der Waals surface area (Å²) in [4.78, 5) is 10.3. The SMILES string of the molecule is CC(CCBr)CCOc1cc(F)c(Br)cc1[N+](=O)[O-]. The number of nitro groups is 1. The topological polar surface area (TPSA) is 52.4 Å². The molecule has 0 radical (unpaired) electrons. The van der Waals surface area contributed by atoms with Crippen molar-refractivity contribution in [2.75, 3.05) is 11.9 Å². The molecule has 0 aliphatic heterocycles. The van der Waals surface area contributed by atoms with Crippen LogP contribution in [0.15, 0.2) is 16.6 Å². The van der Waals surface area contributed by atoms with Crippen LogP contribution in [0.3, 0.4) is 0 Å². The number of hydrogen-bond acceptors (Lipinski definition) is 3. The van der Waals surface area contributed by atoms with Gasteiger partial charge in [0.25, 0.3) is 0 Å². The minimum Gasteiger partial charge on any atom is -0.487 e. The molecule has 0 aromatic heterocycles. The predicted octanol–water partition coefficient (Wildman–Crippen LogP) is 4.69. The second-order valence-corrected chi connectivity index (χ2v) is 5.86. The number of halogens is 3. The van der Waals surface area contributed by atoms with Crippen molar-refractivity contribution >= 4 is 37.5 Å². The van der Waals surface area contributed by atoms with E-state index in [0.717, 1.165) is 30.3 Å². The largest absolute Gasteiger partial charge is 0.487 e. The quantitative estimate of drug-likeness (QED) is 0.380. The van der Waals surface area contributed by atoms with E-state index in [2.05, 4.69) is 38.8 Å². The van der Waals surface area contributed by atoms with Crippen LogP contribution in [0.2, 0.25) is 0 Å². The van der Waals surface area contributed by atoms with Gasteiger partial charge in [-0.1, -0.05) is 22.9 Å². The van der Waals surface area contributed by atoms with E-state index in [1.807, 2.05) is 0 Å². The minimum atomic E-state index is -0.582. The molecule has 0 amide bonds. The van der Waals surface area contributed by atoms with Crippen molar-refractivity contribution < 1.29 is 14.1 Å². The Labute approximate surface area is 127 Å². The van der Waals surface area contributed by atoms with Crippen LogP contribution in [-0.2, 0) is 0 Å². The highest BCUT2D eigenvalue weighted by Gasteiger charge is 2.19. The van der Waals surface area contributed by atoms with Crippen molar-refractivity contribution in [2.45, 2.75) is 19.8 Å². The maximum atomic E-state index is 13.4. The fourth-order valence-electron chi connectivity index (χ4n) is 1.48. The summed E-state index contributed by atoms with van der Waals surface area (Å²) in [5, 5.41) is 11.8. The molecule has 4 nitrogen and oxygen atoms in total. The van der Waals surface area contributed by atoms with Gasteiger partial charge in [-0.2, -0.15) is 0 Å². The zero-order chi connectivity index (χ0) is 14.4. The standard InChI is InChI=1S/C12H14Br2FNO3/c1-8(2-4-13)3-5-19-12-7-10(15)9(14)6-11(12)16(17)18/h6-8H,2-5H2,1H3. The van der Waals surface area contributed by atoms with Crippen molar-refractivity contribution in [1.29, 1.82) is 0 Å². The Morgan fingerprint density at radius 3 is 2.74 bits per heavy atom. The second-order valence-electron chi connectivity index (χ2n) is 4.21. The van der Waals surface area contributed by atoms with Crippen LogP contribution < -0.4 is 4.74 Å². The average Bonchev–Trinajstić information content (AvgIpc) is 2.33. The van der Waals surface area contributed by atoms with E-state index in [4.69, 9.17) is 4.74 Å². The summed E-state index contributed by atoms with van der Waals surface area (Å²) in [6.07, 6.45) is 1.76. The Morgan fingerprint density at radius 1 is 1.47 bits per heavy atom. The molecule has 0 heterocycles. The van der Waals surface area contributed by atoms with Crippen LogP contribution in [-0.4, -0.2) is 16.9 Å². The molecule has 0 saturated carbocycles. The molecule has 1 atom stereocenters. The Kier molecular flexibility index (Phi) is 6.71. The highest BCUT2D eigenvalue weighted by Crippen LogP contribution is 2.32. The van der Waals surface area contributed by atoms with E-state index in [9.17, 15) is 14.5 Å². The first-order valence-corrected chi connectivity index (χ1v) is 7.69. The molecule has 0 spiro atoms. The van der Waals surface area contributed by atoms with Crippen LogP contribution >= 0.6 is 31.9 Å². The zero-order valence-corrected chi connectivity index (χ0v) is 13.5. The fraction of sp³-hybridized carbons (Fsp3) is 0.500. The average molecular weight is 399 g/mol. The van der Waals surface area contributed by atoms with Gasteiger partial charge in [0.1, 0.15) is 5.82 Å². The third kappa shape index (κ3) is 5.06. The van der Waals surface area contributed by atoms with E-state index in [0.29, 0.717) is 12.5 Å². The van der Waals surface area contributed by atoms with Crippen molar-refractivity contribution in [2.24, 2.45) is 5.92 Å². The molecule has 19 heavy (non-hydrogen) atoms. The van der Waals surface area contributed by atoms with Crippen LogP contribution in [0.25, 0.3) is 0 Å². The smallest absolute Gasteiger partial charge is 0.312 e. The number of nitro benzene ring substituents is 1. The summed E-state index contributed by atoms with van der Waals surface area (Å²) in [7, 11) is 0. The van der Waals surface area contributed by atoms with Crippen LogP contribution in [0, 0.1) is 21.8 Å². The van der Waals surface area contributed by atoms with E-state index < -0.39 is 10.7 Å². The lowest BCUT2D eigenvalue weighted by molar-refractivity contribution is -0.386. The molecule has 1 unspecified atom stereocenters. The van der Waals surface area contributed by atoms with Gasteiger partial charge in [0, 0.05) is 17.5 Å². The number of nitrogens with zero attached hydrogens (tertiary/aromatic N) is 1. The Morgan fingerprint density at radius 2 is 2.16 bits per heavy atom. The summed E-state index contributed by atoms with van der Waals surface area (Å²) >= 11 is 6.27. The molecular weight excluding hydrogens is 385 g/mol. The molecule has 1 rings (SSSR count). The van der Waals surface area contributed by atoms with Gasteiger partial charge in [-0.15, -0.1) is 0 Å². The van der Waals surface area contributed by atoms with Gasteiger partial charge in [-0.25, -0.2) is 4.39 Å². The second kappa shape index (κ2) is 7.79. The summed E-state index contributed by atoms with van der Waals surface area (Å²) in [5.74, 6) is -0.162. The highest BCUT2D eigenvalue weighted by molar-refractivity contribution is 9.10. The van der Waals surface area contributed by atoms with Crippen molar-refractivity contribution in [3.8, 4) is 5.75 Å². The van der Waals surface area contributed by atoms with Gasteiger partial charge < -0.3 is 4.74 Å². The molecule has 0 aliphatic rings. The fourth-order valence-corrected chi connectivity index (χ4v) is 2.59. The van der Waals surface area contributed by atoms with Crippen molar-refractivity contribution in [3.63, 3.8) is 0 Å². The van der Waals surface area contributed by atoms with Crippen LogP contribution in [0.4, 0.5) is 10.1 Å². The Balaban J connectivity index is 2.72. The lowest BCUT2D eigenvalue weighted by atomic mass is 10.1. The third-order valence-electron chi connectivity index (χ3n) is 2.67. The predicted molar refractivity (Wildman–Crippen MR) is 78.4 cm³/mol. The highest BCUT2D eigenvalue weighted by atomic mass is 79.9. The maximum absolute atomic E-state index is 13.4.